The van der Waals surface area contributed by atoms with Crippen molar-refractivity contribution in [1.82, 2.24) is 4.98 Å². The number of nitrogens with zero attached hydrogens (tertiary/aromatic N) is 1. The highest BCUT2D eigenvalue weighted by atomic mass is 16.3. The van der Waals surface area contributed by atoms with Crippen LogP contribution in [0.3, 0.4) is 0 Å². The molecule has 1 aromatic heterocycles. The average molecular weight is 229 g/mol. The number of aromatic nitrogens is 1. The van der Waals surface area contributed by atoms with E-state index < -0.39 is 0 Å². The van der Waals surface area contributed by atoms with Gasteiger partial charge in [0.25, 0.3) is 0 Å². The molecule has 0 amide bonds. The molecule has 0 aliphatic rings. The molecule has 2 heteroatoms. The summed E-state index contributed by atoms with van der Waals surface area (Å²) in [7, 11) is 0. The molecule has 1 aromatic carbocycles. The van der Waals surface area contributed by atoms with Crippen molar-refractivity contribution < 1.29 is 4.42 Å². The van der Waals surface area contributed by atoms with Gasteiger partial charge in [-0.15, -0.1) is 0 Å². The van der Waals surface area contributed by atoms with Crippen molar-refractivity contribution in [3.05, 3.63) is 53.7 Å². The second kappa shape index (κ2) is 4.74. The summed E-state index contributed by atoms with van der Waals surface area (Å²) >= 11 is 0. The van der Waals surface area contributed by atoms with E-state index in [1.165, 1.54) is 5.56 Å². The van der Waals surface area contributed by atoms with Gasteiger partial charge in [0.2, 0.25) is 0 Å². The zero-order chi connectivity index (χ0) is 12.3. The lowest BCUT2D eigenvalue weighted by Gasteiger charge is -2.14. The van der Waals surface area contributed by atoms with Gasteiger partial charge in [-0.25, -0.2) is 4.98 Å². The highest BCUT2D eigenvalue weighted by Crippen LogP contribution is 2.20. The summed E-state index contributed by atoms with van der Waals surface area (Å²) in [6.07, 6.45) is 3.49. The van der Waals surface area contributed by atoms with Crippen LogP contribution in [0.25, 0.3) is 0 Å². The molecule has 17 heavy (non-hydrogen) atoms. The largest absolute Gasteiger partial charge is 0.449 e. The molecule has 0 unspecified atom stereocenters. The van der Waals surface area contributed by atoms with Crippen LogP contribution in [-0.4, -0.2) is 4.98 Å². The first-order valence-corrected chi connectivity index (χ1v) is 6.00. The van der Waals surface area contributed by atoms with E-state index in [4.69, 9.17) is 4.42 Å². The first-order valence-electron chi connectivity index (χ1n) is 6.00. The van der Waals surface area contributed by atoms with E-state index in [2.05, 4.69) is 37.9 Å². The highest BCUT2D eigenvalue weighted by Gasteiger charge is 2.15. The van der Waals surface area contributed by atoms with E-state index >= 15 is 0 Å². The Bertz CT molecular complexity index is 465. The van der Waals surface area contributed by atoms with Crippen LogP contribution in [0.1, 0.15) is 37.9 Å². The molecule has 0 saturated carbocycles. The van der Waals surface area contributed by atoms with Gasteiger partial charge in [-0.2, -0.15) is 0 Å². The Balaban J connectivity index is 2.04. The molecule has 0 fully saturated rings. The lowest BCUT2D eigenvalue weighted by Crippen LogP contribution is -2.09. The Hall–Kier alpha value is -1.57. The monoisotopic (exact) mass is 229 g/mol. The van der Waals surface area contributed by atoms with Gasteiger partial charge >= 0.3 is 0 Å². The molecule has 0 spiro atoms. The van der Waals surface area contributed by atoms with E-state index in [0.717, 1.165) is 24.4 Å². The van der Waals surface area contributed by atoms with Crippen LogP contribution in [0.15, 0.2) is 41.0 Å². The fourth-order valence-corrected chi connectivity index (χ4v) is 1.77. The molecule has 2 nitrogen and oxygen atoms in total. The Morgan fingerprint density at radius 3 is 2.47 bits per heavy atom. The highest BCUT2D eigenvalue weighted by molar-refractivity contribution is 5.20. The molecule has 0 radical (unpaired) electrons. The maximum Gasteiger partial charge on any atom is 0.194 e. The minimum absolute atomic E-state index is 0.217. The summed E-state index contributed by atoms with van der Waals surface area (Å²) in [5, 5.41) is 0. The summed E-state index contributed by atoms with van der Waals surface area (Å²) in [4.78, 5) is 4.52. The summed E-state index contributed by atoms with van der Waals surface area (Å²) in [5.41, 5.74) is 2.49. The molecule has 1 heterocycles. The molecule has 2 rings (SSSR count). The Labute approximate surface area is 103 Å². The number of rotatable bonds is 3. The average Bonchev–Trinajstić information content (AvgIpc) is 2.64. The fourth-order valence-electron chi connectivity index (χ4n) is 1.77. The van der Waals surface area contributed by atoms with Gasteiger partial charge in [0.05, 0.1) is 5.69 Å². The van der Waals surface area contributed by atoms with Gasteiger partial charge < -0.3 is 4.42 Å². The predicted molar refractivity (Wildman–Crippen MR) is 68.9 cm³/mol. The molecular formula is C15H19NO. The fraction of sp³-hybridized carbons (Fsp3) is 0.400. The number of oxazole rings is 1. The number of benzene rings is 1. The standard InChI is InChI=1S/C15H19NO/c1-15(2,3)10-14-16-13(11-17-14)9-12-7-5-4-6-8-12/h4-8,11H,9-10H2,1-3H3. The molecule has 0 saturated heterocycles. The maximum atomic E-state index is 5.50. The van der Waals surface area contributed by atoms with Gasteiger partial charge in [-0.1, -0.05) is 51.1 Å². The van der Waals surface area contributed by atoms with Crippen molar-refractivity contribution in [3.63, 3.8) is 0 Å². The van der Waals surface area contributed by atoms with Crippen LogP contribution in [-0.2, 0) is 12.8 Å². The second-order valence-electron chi connectivity index (χ2n) is 5.63. The van der Waals surface area contributed by atoms with Crippen LogP contribution in [0.2, 0.25) is 0 Å². The van der Waals surface area contributed by atoms with Crippen molar-refractivity contribution in [3.8, 4) is 0 Å². The van der Waals surface area contributed by atoms with Crippen molar-refractivity contribution in [1.29, 1.82) is 0 Å². The molecule has 0 aliphatic carbocycles. The first kappa shape index (κ1) is 11.9. The first-order chi connectivity index (χ1) is 8.03. The zero-order valence-electron chi connectivity index (χ0n) is 10.7. The maximum absolute atomic E-state index is 5.50. The predicted octanol–water partition coefficient (Wildman–Crippen LogP) is 3.85. The Kier molecular flexibility index (Phi) is 3.32. The second-order valence-corrected chi connectivity index (χ2v) is 5.63. The van der Waals surface area contributed by atoms with Crippen LogP contribution in [0.5, 0.6) is 0 Å². The molecule has 2 aromatic rings. The summed E-state index contributed by atoms with van der Waals surface area (Å²) in [5.74, 6) is 0.837. The van der Waals surface area contributed by atoms with E-state index in [0.29, 0.717) is 0 Å². The zero-order valence-corrected chi connectivity index (χ0v) is 10.7. The summed E-state index contributed by atoms with van der Waals surface area (Å²) in [6, 6.07) is 10.3. The summed E-state index contributed by atoms with van der Waals surface area (Å²) < 4.78 is 5.50. The lowest BCUT2D eigenvalue weighted by molar-refractivity contribution is 0.354. The number of hydrogen-bond donors (Lipinski definition) is 0. The Morgan fingerprint density at radius 1 is 1.12 bits per heavy atom. The third kappa shape index (κ3) is 3.74. The van der Waals surface area contributed by atoms with Gasteiger partial charge in [-0.3, -0.25) is 0 Å². The van der Waals surface area contributed by atoms with Gasteiger partial charge in [0, 0.05) is 12.8 Å². The SMILES string of the molecule is CC(C)(C)Cc1nc(Cc2ccccc2)co1. The smallest absolute Gasteiger partial charge is 0.194 e. The normalized spacial score (nSPS) is 11.7. The number of hydrogen-bond acceptors (Lipinski definition) is 2. The third-order valence-electron chi connectivity index (χ3n) is 2.51. The van der Waals surface area contributed by atoms with Crippen molar-refractivity contribution in [2.75, 3.05) is 0 Å². The third-order valence-corrected chi connectivity index (χ3v) is 2.51. The molecule has 0 atom stereocenters. The van der Waals surface area contributed by atoms with Crippen molar-refractivity contribution >= 4 is 0 Å². The molecule has 0 bridgehead atoms. The van der Waals surface area contributed by atoms with E-state index in [1.54, 1.807) is 6.26 Å². The van der Waals surface area contributed by atoms with Crippen molar-refractivity contribution in [2.24, 2.45) is 5.41 Å². The topological polar surface area (TPSA) is 26.0 Å². The summed E-state index contributed by atoms with van der Waals surface area (Å²) in [6.45, 7) is 6.57. The molecule has 0 N–H and O–H groups in total. The van der Waals surface area contributed by atoms with Crippen LogP contribution in [0.4, 0.5) is 0 Å². The Morgan fingerprint density at radius 2 is 1.82 bits per heavy atom. The van der Waals surface area contributed by atoms with E-state index in [9.17, 15) is 0 Å². The van der Waals surface area contributed by atoms with Gasteiger partial charge in [0.15, 0.2) is 5.89 Å². The van der Waals surface area contributed by atoms with Crippen LogP contribution < -0.4 is 0 Å². The molecule has 0 aliphatic heterocycles. The van der Waals surface area contributed by atoms with Crippen LogP contribution in [0, 0.1) is 5.41 Å². The van der Waals surface area contributed by atoms with Crippen LogP contribution >= 0.6 is 0 Å². The van der Waals surface area contributed by atoms with Crippen molar-refractivity contribution in [2.45, 2.75) is 33.6 Å². The van der Waals surface area contributed by atoms with Gasteiger partial charge in [0.1, 0.15) is 6.26 Å². The van der Waals surface area contributed by atoms with Gasteiger partial charge in [-0.05, 0) is 11.0 Å². The minimum Gasteiger partial charge on any atom is -0.449 e. The van der Waals surface area contributed by atoms with E-state index in [-0.39, 0.29) is 5.41 Å². The molecular weight excluding hydrogens is 210 g/mol. The molecule has 90 valence electrons. The lowest BCUT2D eigenvalue weighted by atomic mass is 9.92. The van der Waals surface area contributed by atoms with E-state index in [1.807, 2.05) is 18.2 Å². The quantitative estimate of drug-likeness (QED) is 0.799. The minimum atomic E-state index is 0.217.